The summed E-state index contributed by atoms with van der Waals surface area (Å²) < 4.78 is 5.45. The fraction of sp³-hybridized carbons (Fsp3) is 0.250. The maximum absolute atomic E-state index is 5.45. The van der Waals surface area contributed by atoms with E-state index in [1.807, 2.05) is 0 Å². The lowest BCUT2D eigenvalue weighted by molar-refractivity contribution is 0.126. The van der Waals surface area contributed by atoms with Crippen LogP contribution in [0.25, 0.3) is 10.8 Å². The molecule has 1 heteroatoms. The predicted octanol–water partition coefficient (Wildman–Crippen LogP) is 3.58. The van der Waals surface area contributed by atoms with Crippen LogP contribution in [0.2, 0.25) is 0 Å². The van der Waals surface area contributed by atoms with Crippen molar-refractivity contribution in [3.05, 3.63) is 60.2 Å². The van der Waals surface area contributed by atoms with Crippen LogP contribution in [0.5, 0.6) is 0 Å². The highest BCUT2D eigenvalue weighted by Crippen LogP contribution is 2.19. The van der Waals surface area contributed by atoms with E-state index in [1.54, 1.807) is 0 Å². The summed E-state index contributed by atoms with van der Waals surface area (Å²) >= 11 is 0. The molecule has 0 saturated heterocycles. The normalized spacial score (nSPS) is 19.6. The fourth-order valence-electron chi connectivity index (χ4n) is 2.39. The summed E-state index contributed by atoms with van der Waals surface area (Å²) in [6.45, 7) is 1.62. The van der Waals surface area contributed by atoms with Gasteiger partial charge in [-0.1, -0.05) is 54.6 Å². The van der Waals surface area contributed by atoms with Gasteiger partial charge in [0, 0.05) is 5.92 Å². The molecule has 0 N–H and O–H groups in total. The van der Waals surface area contributed by atoms with Crippen molar-refractivity contribution in [3.8, 4) is 0 Å². The lowest BCUT2D eigenvalue weighted by atomic mass is 9.96. The summed E-state index contributed by atoms with van der Waals surface area (Å²) in [5, 5.41) is 2.64. The highest BCUT2D eigenvalue weighted by molar-refractivity contribution is 5.82. The van der Waals surface area contributed by atoms with Gasteiger partial charge in [-0.05, 0) is 22.8 Å². The van der Waals surface area contributed by atoms with Crippen LogP contribution in [0, 0.1) is 5.92 Å². The van der Waals surface area contributed by atoms with Crippen LogP contribution in [-0.2, 0) is 11.2 Å². The molecule has 0 radical (unpaired) electrons. The Hall–Kier alpha value is -1.60. The lowest BCUT2D eigenvalue weighted by Crippen LogP contribution is -2.14. The van der Waals surface area contributed by atoms with Crippen molar-refractivity contribution in [1.29, 1.82) is 0 Å². The van der Waals surface area contributed by atoms with Crippen LogP contribution in [-0.4, -0.2) is 13.2 Å². The molecule has 1 nitrogen and oxygen atoms in total. The second kappa shape index (κ2) is 4.72. The minimum absolute atomic E-state index is 0.532. The molecular formula is C16H16O. The zero-order valence-electron chi connectivity index (χ0n) is 9.80. The third-order valence-electron chi connectivity index (χ3n) is 3.27. The van der Waals surface area contributed by atoms with Gasteiger partial charge < -0.3 is 4.74 Å². The van der Waals surface area contributed by atoms with Crippen molar-refractivity contribution in [1.82, 2.24) is 0 Å². The Labute approximate surface area is 102 Å². The third kappa shape index (κ3) is 2.40. The standard InChI is InChI=1S/C16H16O/c1-2-6-16-11-13(7-8-15(16)5-1)10-14-4-3-9-17-12-14/h1-8,11,14H,9-10,12H2. The maximum atomic E-state index is 5.45. The largest absolute Gasteiger partial charge is 0.377 e. The van der Waals surface area contributed by atoms with Crippen molar-refractivity contribution in [2.45, 2.75) is 6.42 Å². The van der Waals surface area contributed by atoms with Crippen LogP contribution in [0.3, 0.4) is 0 Å². The monoisotopic (exact) mass is 224 g/mol. The van der Waals surface area contributed by atoms with Gasteiger partial charge in [0.2, 0.25) is 0 Å². The summed E-state index contributed by atoms with van der Waals surface area (Å²) in [5.74, 6) is 0.532. The van der Waals surface area contributed by atoms with Crippen molar-refractivity contribution in [2.24, 2.45) is 5.92 Å². The molecule has 0 saturated carbocycles. The molecule has 1 atom stereocenters. The SMILES string of the molecule is C1=CC(Cc2ccc3ccccc3c2)COC1. The molecule has 1 heterocycles. The Kier molecular flexibility index (Phi) is 2.93. The summed E-state index contributed by atoms with van der Waals surface area (Å²) in [6.07, 6.45) is 5.47. The molecule has 1 aliphatic heterocycles. The van der Waals surface area contributed by atoms with Crippen molar-refractivity contribution >= 4 is 10.8 Å². The number of hydrogen-bond acceptors (Lipinski definition) is 1. The van der Waals surface area contributed by atoms with Crippen LogP contribution < -0.4 is 0 Å². The summed E-state index contributed by atoms with van der Waals surface area (Å²) in [4.78, 5) is 0. The van der Waals surface area contributed by atoms with Crippen LogP contribution in [0.4, 0.5) is 0 Å². The van der Waals surface area contributed by atoms with Gasteiger partial charge in [0.05, 0.1) is 13.2 Å². The molecule has 2 aromatic rings. The summed E-state index contributed by atoms with van der Waals surface area (Å²) in [7, 11) is 0. The van der Waals surface area contributed by atoms with E-state index in [0.717, 1.165) is 19.6 Å². The molecule has 0 aliphatic carbocycles. The summed E-state index contributed by atoms with van der Waals surface area (Å²) in [6, 6.07) is 15.2. The molecule has 3 rings (SSSR count). The Morgan fingerprint density at radius 2 is 1.94 bits per heavy atom. The first-order chi connectivity index (χ1) is 8.42. The highest BCUT2D eigenvalue weighted by atomic mass is 16.5. The molecule has 0 aromatic heterocycles. The second-order valence-electron chi connectivity index (χ2n) is 4.61. The van der Waals surface area contributed by atoms with Gasteiger partial charge in [-0.15, -0.1) is 0 Å². The zero-order chi connectivity index (χ0) is 11.5. The van der Waals surface area contributed by atoms with E-state index in [-0.39, 0.29) is 0 Å². The molecule has 0 fully saturated rings. The maximum Gasteiger partial charge on any atom is 0.0647 e. The van der Waals surface area contributed by atoms with E-state index in [4.69, 9.17) is 4.74 Å². The number of fused-ring (bicyclic) bond motifs is 1. The van der Waals surface area contributed by atoms with Crippen molar-refractivity contribution in [3.63, 3.8) is 0 Å². The first-order valence-electron chi connectivity index (χ1n) is 6.14. The fourth-order valence-corrected chi connectivity index (χ4v) is 2.39. The predicted molar refractivity (Wildman–Crippen MR) is 71.1 cm³/mol. The number of hydrogen-bond donors (Lipinski definition) is 0. The number of ether oxygens (including phenoxy) is 1. The molecule has 0 bridgehead atoms. The van der Waals surface area contributed by atoms with Crippen molar-refractivity contribution < 1.29 is 4.74 Å². The number of rotatable bonds is 2. The average Bonchev–Trinajstić information content (AvgIpc) is 2.40. The Bertz CT molecular complexity index is 542. The second-order valence-corrected chi connectivity index (χ2v) is 4.61. The molecule has 86 valence electrons. The van der Waals surface area contributed by atoms with Crippen molar-refractivity contribution in [2.75, 3.05) is 13.2 Å². The molecule has 2 aromatic carbocycles. The zero-order valence-corrected chi connectivity index (χ0v) is 9.80. The minimum Gasteiger partial charge on any atom is -0.377 e. The number of benzene rings is 2. The van der Waals surface area contributed by atoms with Crippen LogP contribution in [0.15, 0.2) is 54.6 Å². The first kappa shape index (κ1) is 10.5. The lowest BCUT2D eigenvalue weighted by Gasteiger charge is -2.17. The molecule has 1 unspecified atom stereocenters. The van der Waals surface area contributed by atoms with Gasteiger partial charge in [0.25, 0.3) is 0 Å². The minimum atomic E-state index is 0.532. The molecule has 0 amide bonds. The van der Waals surface area contributed by atoms with E-state index in [9.17, 15) is 0 Å². The van der Waals surface area contributed by atoms with Crippen LogP contribution in [0.1, 0.15) is 5.56 Å². The van der Waals surface area contributed by atoms with Gasteiger partial charge in [-0.3, -0.25) is 0 Å². The highest BCUT2D eigenvalue weighted by Gasteiger charge is 2.09. The molecule has 0 spiro atoms. The first-order valence-corrected chi connectivity index (χ1v) is 6.14. The van der Waals surface area contributed by atoms with E-state index < -0.39 is 0 Å². The Balaban J connectivity index is 1.85. The van der Waals surface area contributed by atoms with Crippen LogP contribution >= 0.6 is 0 Å². The average molecular weight is 224 g/mol. The smallest absolute Gasteiger partial charge is 0.0647 e. The topological polar surface area (TPSA) is 9.23 Å². The summed E-state index contributed by atoms with van der Waals surface area (Å²) in [5.41, 5.74) is 1.39. The van der Waals surface area contributed by atoms with E-state index >= 15 is 0 Å². The van der Waals surface area contributed by atoms with E-state index in [0.29, 0.717) is 5.92 Å². The molecule has 17 heavy (non-hydrogen) atoms. The van der Waals surface area contributed by atoms with Gasteiger partial charge in [0.15, 0.2) is 0 Å². The van der Waals surface area contributed by atoms with E-state index in [2.05, 4.69) is 54.6 Å². The van der Waals surface area contributed by atoms with Gasteiger partial charge in [0.1, 0.15) is 0 Å². The molecular weight excluding hydrogens is 208 g/mol. The quantitative estimate of drug-likeness (QED) is 0.708. The molecule has 1 aliphatic rings. The van der Waals surface area contributed by atoms with Gasteiger partial charge >= 0.3 is 0 Å². The third-order valence-corrected chi connectivity index (χ3v) is 3.27. The van der Waals surface area contributed by atoms with Gasteiger partial charge in [-0.25, -0.2) is 0 Å². The van der Waals surface area contributed by atoms with Gasteiger partial charge in [-0.2, -0.15) is 0 Å². The van der Waals surface area contributed by atoms with E-state index in [1.165, 1.54) is 16.3 Å². The Morgan fingerprint density at radius 3 is 2.76 bits per heavy atom. The Morgan fingerprint density at radius 1 is 1.06 bits per heavy atom.